The maximum absolute atomic E-state index is 12.8. The maximum Gasteiger partial charge on any atom is 0.319 e. The minimum atomic E-state index is -2.78. The number of alkyl halides is 4. The van der Waals surface area contributed by atoms with Gasteiger partial charge in [-0.3, -0.25) is 9.36 Å². The Morgan fingerprint density at radius 1 is 1.30 bits per heavy atom. The molecule has 0 N–H and O–H groups in total. The second kappa shape index (κ2) is 7.44. The summed E-state index contributed by atoms with van der Waals surface area (Å²) in [7, 11) is 1.37. The van der Waals surface area contributed by atoms with Gasteiger partial charge in [0.15, 0.2) is 0 Å². The Hall–Kier alpha value is -2.10. The second-order valence-corrected chi connectivity index (χ2v) is 5.40. The molecule has 1 amide bonds. The van der Waals surface area contributed by atoms with E-state index in [1.165, 1.54) is 31.6 Å². The molecule has 0 aliphatic carbocycles. The van der Waals surface area contributed by atoms with E-state index in [4.69, 9.17) is 0 Å². The average Bonchev–Trinajstić information content (AvgIpc) is 2.94. The number of imidazole rings is 1. The van der Waals surface area contributed by atoms with Crippen molar-refractivity contribution in [3.63, 3.8) is 0 Å². The van der Waals surface area contributed by atoms with Gasteiger partial charge in [-0.25, -0.2) is 9.97 Å². The van der Waals surface area contributed by atoms with Crippen molar-refractivity contribution in [2.24, 2.45) is 0 Å². The molecule has 0 bridgehead atoms. The van der Waals surface area contributed by atoms with Crippen LogP contribution < -0.4 is 0 Å². The zero-order valence-corrected chi connectivity index (χ0v) is 12.7. The fourth-order valence-corrected chi connectivity index (χ4v) is 2.44. The van der Waals surface area contributed by atoms with E-state index in [1.807, 2.05) is 0 Å². The Bertz CT molecular complexity index is 679. The van der Waals surface area contributed by atoms with E-state index in [0.29, 0.717) is 4.57 Å². The van der Waals surface area contributed by atoms with E-state index in [0.717, 1.165) is 11.1 Å². The van der Waals surface area contributed by atoms with Crippen molar-refractivity contribution >= 4 is 17.7 Å². The maximum atomic E-state index is 12.8. The molecule has 0 fully saturated rings. The van der Waals surface area contributed by atoms with Crippen LogP contribution in [0.15, 0.2) is 35.7 Å². The minimum Gasteiger partial charge on any atom is -0.334 e. The Morgan fingerprint density at radius 2 is 2.04 bits per heavy atom. The van der Waals surface area contributed by atoms with Gasteiger partial charge in [0, 0.05) is 25.6 Å². The molecular weight excluding hydrogens is 336 g/mol. The van der Waals surface area contributed by atoms with E-state index in [2.05, 4.69) is 9.97 Å². The number of hydrogen-bond acceptors (Lipinski definition) is 4. The summed E-state index contributed by atoms with van der Waals surface area (Å²) in [6.45, 7) is -2.97. The first kappa shape index (κ1) is 17.3. The zero-order chi connectivity index (χ0) is 17.0. The molecule has 5 nitrogen and oxygen atoms in total. The van der Waals surface area contributed by atoms with E-state index >= 15 is 0 Å². The standard InChI is InChI=1S/C13H12F4N4OS/c1-20(7-9-18-5-6-21(9)12(14)15)11(22)8-3-2-4-19-10(8)23-13(16)17/h2-6,12-13H,7H2,1H3. The van der Waals surface area contributed by atoms with Crippen LogP contribution in [-0.2, 0) is 6.54 Å². The Kier molecular flexibility index (Phi) is 5.59. The predicted octanol–water partition coefficient (Wildman–Crippen LogP) is 3.26. The molecule has 0 saturated heterocycles. The van der Waals surface area contributed by atoms with Gasteiger partial charge in [0.25, 0.3) is 11.7 Å². The lowest BCUT2D eigenvalue weighted by atomic mass is 10.2. The number of halogens is 4. The summed E-state index contributed by atoms with van der Waals surface area (Å²) >= 11 is 0.154. The number of nitrogens with zero attached hydrogens (tertiary/aromatic N) is 4. The molecule has 23 heavy (non-hydrogen) atoms. The van der Waals surface area contributed by atoms with E-state index in [9.17, 15) is 22.4 Å². The van der Waals surface area contributed by atoms with Gasteiger partial charge in [-0.2, -0.15) is 17.6 Å². The van der Waals surface area contributed by atoms with Crippen LogP contribution in [0.25, 0.3) is 0 Å². The molecule has 124 valence electrons. The highest BCUT2D eigenvalue weighted by atomic mass is 32.2. The van der Waals surface area contributed by atoms with Crippen LogP contribution in [0.3, 0.4) is 0 Å². The normalized spacial score (nSPS) is 11.3. The number of hydrogen-bond donors (Lipinski definition) is 0. The number of amides is 1. The zero-order valence-electron chi connectivity index (χ0n) is 11.9. The predicted molar refractivity (Wildman–Crippen MR) is 75.4 cm³/mol. The SMILES string of the molecule is CN(Cc1nccn1C(F)F)C(=O)c1cccnc1SC(F)F. The highest BCUT2D eigenvalue weighted by molar-refractivity contribution is 7.99. The fourth-order valence-electron chi connectivity index (χ4n) is 1.87. The first-order valence-corrected chi connectivity index (χ1v) is 7.23. The topological polar surface area (TPSA) is 51.0 Å². The average molecular weight is 348 g/mol. The van der Waals surface area contributed by atoms with Gasteiger partial charge in [0.05, 0.1) is 12.1 Å². The van der Waals surface area contributed by atoms with Gasteiger partial charge in [0.1, 0.15) is 10.9 Å². The van der Waals surface area contributed by atoms with E-state index in [1.54, 1.807) is 0 Å². The fraction of sp³-hybridized carbons (Fsp3) is 0.308. The molecule has 2 heterocycles. The van der Waals surface area contributed by atoms with E-state index < -0.39 is 18.2 Å². The molecule has 0 aliphatic rings. The molecule has 0 aromatic carbocycles. The van der Waals surface area contributed by atoms with Gasteiger partial charge in [0.2, 0.25) is 0 Å². The van der Waals surface area contributed by atoms with Crippen molar-refractivity contribution in [3.05, 3.63) is 42.1 Å². The molecular formula is C13H12F4N4OS. The first-order chi connectivity index (χ1) is 10.9. The number of carbonyl (C=O) groups is 1. The second-order valence-electron chi connectivity index (χ2n) is 4.42. The highest BCUT2D eigenvalue weighted by Crippen LogP contribution is 2.27. The van der Waals surface area contributed by atoms with Crippen LogP contribution in [-0.4, -0.2) is 38.1 Å². The van der Waals surface area contributed by atoms with Crippen molar-refractivity contribution in [2.45, 2.75) is 23.9 Å². The summed E-state index contributed by atoms with van der Waals surface area (Å²) in [6, 6.07) is 2.80. The Labute approximate surface area is 133 Å². The summed E-state index contributed by atoms with van der Waals surface area (Å²) in [5.74, 6) is -3.34. The summed E-state index contributed by atoms with van der Waals surface area (Å²) in [4.78, 5) is 21.0. The van der Waals surface area contributed by atoms with Crippen LogP contribution in [0.4, 0.5) is 17.6 Å². The van der Waals surface area contributed by atoms with Crippen LogP contribution in [0.2, 0.25) is 0 Å². The van der Waals surface area contributed by atoms with Crippen LogP contribution >= 0.6 is 11.8 Å². The van der Waals surface area contributed by atoms with Gasteiger partial charge in [-0.05, 0) is 23.9 Å². The summed E-state index contributed by atoms with van der Waals surface area (Å²) in [6.07, 6.45) is 3.59. The molecule has 0 saturated carbocycles. The minimum absolute atomic E-state index is 0.0113. The monoisotopic (exact) mass is 348 g/mol. The molecule has 2 aromatic heterocycles. The quantitative estimate of drug-likeness (QED) is 0.594. The molecule has 0 atom stereocenters. The lowest BCUT2D eigenvalue weighted by Crippen LogP contribution is -2.28. The molecule has 2 aromatic rings. The van der Waals surface area contributed by atoms with Crippen molar-refractivity contribution in [1.82, 2.24) is 19.4 Å². The number of carbonyl (C=O) groups excluding carboxylic acids is 1. The van der Waals surface area contributed by atoms with Crippen molar-refractivity contribution in [3.8, 4) is 0 Å². The van der Waals surface area contributed by atoms with Crippen molar-refractivity contribution in [2.75, 3.05) is 7.05 Å². The van der Waals surface area contributed by atoms with Gasteiger partial charge < -0.3 is 4.90 Å². The molecule has 0 spiro atoms. The number of aromatic nitrogens is 3. The third kappa shape index (κ3) is 4.21. The molecule has 0 aliphatic heterocycles. The molecule has 10 heteroatoms. The Balaban J connectivity index is 2.18. The number of rotatable bonds is 6. The molecule has 0 unspecified atom stereocenters. The summed E-state index contributed by atoms with van der Waals surface area (Å²) in [5, 5.41) is -0.114. The van der Waals surface area contributed by atoms with Gasteiger partial charge in [-0.15, -0.1) is 0 Å². The van der Waals surface area contributed by atoms with Gasteiger partial charge >= 0.3 is 6.55 Å². The smallest absolute Gasteiger partial charge is 0.319 e. The largest absolute Gasteiger partial charge is 0.334 e. The van der Waals surface area contributed by atoms with Crippen LogP contribution in [0.5, 0.6) is 0 Å². The lowest BCUT2D eigenvalue weighted by Gasteiger charge is -2.18. The summed E-state index contributed by atoms with van der Waals surface area (Å²) in [5.41, 5.74) is -0.0181. The third-order valence-electron chi connectivity index (χ3n) is 2.89. The number of pyridine rings is 1. The van der Waals surface area contributed by atoms with Crippen LogP contribution in [0, 0.1) is 0 Å². The van der Waals surface area contributed by atoms with Crippen molar-refractivity contribution in [1.29, 1.82) is 0 Å². The lowest BCUT2D eigenvalue weighted by molar-refractivity contribution is 0.0611. The van der Waals surface area contributed by atoms with Crippen LogP contribution in [0.1, 0.15) is 22.7 Å². The van der Waals surface area contributed by atoms with E-state index in [-0.39, 0.29) is 34.7 Å². The molecule has 0 radical (unpaired) electrons. The Morgan fingerprint density at radius 3 is 2.70 bits per heavy atom. The molecule has 2 rings (SSSR count). The highest BCUT2D eigenvalue weighted by Gasteiger charge is 2.21. The number of thioether (sulfide) groups is 1. The summed E-state index contributed by atoms with van der Waals surface area (Å²) < 4.78 is 51.2. The third-order valence-corrected chi connectivity index (χ3v) is 3.61. The van der Waals surface area contributed by atoms with Gasteiger partial charge in [-0.1, -0.05) is 0 Å². The first-order valence-electron chi connectivity index (χ1n) is 6.35. The van der Waals surface area contributed by atoms with Crippen molar-refractivity contribution < 1.29 is 22.4 Å².